The summed E-state index contributed by atoms with van der Waals surface area (Å²) in [7, 11) is 0. The van der Waals surface area contributed by atoms with Gasteiger partial charge in [0.25, 0.3) is 0 Å². The summed E-state index contributed by atoms with van der Waals surface area (Å²) in [6.07, 6.45) is 2.34. The van der Waals surface area contributed by atoms with Crippen LogP contribution in [-0.4, -0.2) is 38.0 Å². The first-order chi connectivity index (χ1) is 8.04. The van der Waals surface area contributed by atoms with Crippen molar-refractivity contribution in [2.75, 3.05) is 12.3 Å². The fraction of sp³-hybridized carbons (Fsp3) is 0.667. The van der Waals surface area contributed by atoms with E-state index >= 15 is 0 Å². The molecule has 0 fully saturated rings. The zero-order valence-corrected chi connectivity index (χ0v) is 11.6. The van der Waals surface area contributed by atoms with E-state index in [0.717, 1.165) is 0 Å². The Morgan fingerprint density at radius 2 is 2.00 bits per heavy atom. The van der Waals surface area contributed by atoms with E-state index in [1.807, 2.05) is 34.6 Å². The van der Waals surface area contributed by atoms with Crippen molar-refractivity contribution in [2.45, 2.75) is 45.7 Å². The Labute approximate surface area is 107 Å². The number of anilines is 1. The maximum absolute atomic E-state index is 11.3. The van der Waals surface area contributed by atoms with Crippen LogP contribution in [0.2, 0.25) is 0 Å². The van der Waals surface area contributed by atoms with Crippen molar-refractivity contribution in [1.82, 2.24) is 14.7 Å². The van der Waals surface area contributed by atoms with Crippen LogP contribution in [0.4, 0.5) is 10.5 Å². The molecule has 0 aromatic carbocycles. The molecule has 0 bridgehead atoms. The zero-order valence-electron chi connectivity index (χ0n) is 11.6. The molecule has 1 amide bonds. The van der Waals surface area contributed by atoms with Crippen LogP contribution in [0.25, 0.3) is 0 Å². The van der Waals surface area contributed by atoms with Gasteiger partial charge in [0.1, 0.15) is 0 Å². The number of amides is 1. The lowest BCUT2D eigenvalue weighted by atomic mass is 10.00. The molecule has 0 saturated carbocycles. The SMILES string of the molecule is CC(C)(C)N(CC(C)(C)n1cc(N)cn1)C(=O)O. The predicted octanol–water partition coefficient (Wildman–Crippen LogP) is 1.98. The fourth-order valence-corrected chi connectivity index (χ4v) is 1.72. The second-order valence-corrected chi connectivity index (χ2v) is 6.07. The smallest absolute Gasteiger partial charge is 0.407 e. The number of nitrogen functional groups attached to an aromatic ring is 1. The molecule has 3 N–H and O–H groups in total. The molecule has 1 rings (SSSR count). The Hall–Kier alpha value is -1.72. The number of hydrogen-bond acceptors (Lipinski definition) is 3. The lowest BCUT2D eigenvalue weighted by Gasteiger charge is -2.39. The standard InChI is InChI=1S/C12H22N4O2/c1-11(2,3)15(10(17)18)8-12(4,5)16-7-9(13)6-14-16/h6-7H,8,13H2,1-5H3,(H,17,18). The summed E-state index contributed by atoms with van der Waals surface area (Å²) >= 11 is 0. The van der Waals surface area contributed by atoms with Crippen LogP contribution in [-0.2, 0) is 5.54 Å². The van der Waals surface area contributed by atoms with Crippen molar-refractivity contribution in [3.63, 3.8) is 0 Å². The number of carboxylic acid groups (broad SMARTS) is 1. The number of rotatable bonds is 3. The zero-order chi connectivity index (χ0) is 14.1. The van der Waals surface area contributed by atoms with E-state index in [-0.39, 0.29) is 0 Å². The highest BCUT2D eigenvalue weighted by Crippen LogP contribution is 2.22. The lowest BCUT2D eigenvalue weighted by Crippen LogP contribution is -2.52. The van der Waals surface area contributed by atoms with E-state index in [1.54, 1.807) is 17.1 Å². The summed E-state index contributed by atoms with van der Waals surface area (Å²) in [5.74, 6) is 0. The number of hydrogen-bond donors (Lipinski definition) is 2. The maximum atomic E-state index is 11.3. The molecular weight excluding hydrogens is 232 g/mol. The third-order valence-electron chi connectivity index (χ3n) is 2.81. The van der Waals surface area contributed by atoms with Gasteiger partial charge in [0.05, 0.1) is 17.4 Å². The molecule has 1 aromatic rings. The Balaban J connectivity index is 2.96. The maximum Gasteiger partial charge on any atom is 0.407 e. The highest BCUT2D eigenvalue weighted by atomic mass is 16.4. The van der Waals surface area contributed by atoms with E-state index in [1.165, 1.54) is 4.90 Å². The van der Waals surface area contributed by atoms with Crippen LogP contribution < -0.4 is 5.73 Å². The molecule has 0 aliphatic rings. The van der Waals surface area contributed by atoms with Gasteiger partial charge in [-0.05, 0) is 34.6 Å². The minimum absolute atomic E-state index is 0.340. The lowest BCUT2D eigenvalue weighted by molar-refractivity contribution is 0.0719. The van der Waals surface area contributed by atoms with E-state index in [9.17, 15) is 9.90 Å². The molecular formula is C12H22N4O2. The number of nitrogens with two attached hydrogens (primary N) is 1. The molecule has 6 heteroatoms. The molecule has 0 saturated heterocycles. The molecule has 0 aliphatic carbocycles. The second-order valence-electron chi connectivity index (χ2n) is 6.07. The van der Waals surface area contributed by atoms with Gasteiger partial charge in [-0.15, -0.1) is 0 Å². The van der Waals surface area contributed by atoms with Gasteiger partial charge in [-0.1, -0.05) is 0 Å². The van der Waals surface area contributed by atoms with Gasteiger partial charge in [0, 0.05) is 18.3 Å². The van der Waals surface area contributed by atoms with Gasteiger partial charge >= 0.3 is 6.09 Å². The average molecular weight is 254 g/mol. The fourth-order valence-electron chi connectivity index (χ4n) is 1.72. The van der Waals surface area contributed by atoms with Crippen LogP contribution >= 0.6 is 0 Å². The molecule has 6 nitrogen and oxygen atoms in total. The Kier molecular flexibility index (Phi) is 3.59. The van der Waals surface area contributed by atoms with Crippen molar-refractivity contribution in [1.29, 1.82) is 0 Å². The normalized spacial score (nSPS) is 12.5. The van der Waals surface area contributed by atoms with E-state index in [2.05, 4.69) is 5.10 Å². The van der Waals surface area contributed by atoms with Crippen molar-refractivity contribution < 1.29 is 9.90 Å². The Bertz CT molecular complexity index is 432. The molecule has 102 valence electrons. The summed E-state index contributed by atoms with van der Waals surface area (Å²) in [5, 5.41) is 13.4. The average Bonchev–Trinajstić information content (AvgIpc) is 2.60. The van der Waals surface area contributed by atoms with Gasteiger partial charge in [-0.25, -0.2) is 4.79 Å². The van der Waals surface area contributed by atoms with Gasteiger partial charge in [-0.2, -0.15) is 5.10 Å². The van der Waals surface area contributed by atoms with Crippen LogP contribution in [0.5, 0.6) is 0 Å². The van der Waals surface area contributed by atoms with Crippen molar-refractivity contribution in [3.05, 3.63) is 12.4 Å². The summed E-state index contributed by atoms with van der Waals surface area (Å²) < 4.78 is 1.70. The molecule has 1 heterocycles. The molecule has 1 aromatic heterocycles. The van der Waals surface area contributed by atoms with Crippen molar-refractivity contribution in [3.8, 4) is 0 Å². The van der Waals surface area contributed by atoms with Crippen molar-refractivity contribution >= 4 is 11.8 Å². The highest BCUT2D eigenvalue weighted by Gasteiger charge is 2.33. The monoisotopic (exact) mass is 254 g/mol. The first-order valence-electron chi connectivity index (χ1n) is 5.85. The molecule has 0 unspecified atom stereocenters. The van der Waals surface area contributed by atoms with Crippen LogP contribution in [0, 0.1) is 0 Å². The van der Waals surface area contributed by atoms with Gasteiger partial charge < -0.3 is 15.7 Å². The number of nitrogens with zero attached hydrogens (tertiary/aromatic N) is 3. The van der Waals surface area contributed by atoms with Crippen LogP contribution in [0.3, 0.4) is 0 Å². The van der Waals surface area contributed by atoms with Gasteiger partial charge in [-0.3, -0.25) is 4.68 Å². The molecule has 0 aliphatic heterocycles. The molecule has 0 radical (unpaired) electrons. The summed E-state index contributed by atoms with van der Waals surface area (Å²) in [4.78, 5) is 12.7. The first-order valence-corrected chi connectivity index (χ1v) is 5.85. The predicted molar refractivity (Wildman–Crippen MR) is 70.4 cm³/mol. The number of aromatic nitrogens is 2. The van der Waals surface area contributed by atoms with E-state index in [4.69, 9.17) is 5.73 Å². The quantitative estimate of drug-likeness (QED) is 0.863. The van der Waals surface area contributed by atoms with Crippen LogP contribution in [0.15, 0.2) is 12.4 Å². The molecule has 18 heavy (non-hydrogen) atoms. The number of carbonyl (C=O) groups is 1. The molecule has 0 spiro atoms. The Morgan fingerprint density at radius 1 is 1.44 bits per heavy atom. The second kappa shape index (κ2) is 4.51. The molecule has 0 atom stereocenters. The van der Waals surface area contributed by atoms with E-state index in [0.29, 0.717) is 12.2 Å². The summed E-state index contributed by atoms with van der Waals surface area (Å²) in [5.41, 5.74) is 5.30. The summed E-state index contributed by atoms with van der Waals surface area (Å²) in [6, 6.07) is 0. The first kappa shape index (κ1) is 14.3. The Morgan fingerprint density at radius 3 is 2.33 bits per heavy atom. The summed E-state index contributed by atoms with van der Waals surface area (Å²) in [6.45, 7) is 9.81. The van der Waals surface area contributed by atoms with Gasteiger partial charge in [0.15, 0.2) is 0 Å². The minimum atomic E-state index is -0.935. The van der Waals surface area contributed by atoms with Crippen molar-refractivity contribution in [2.24, 2.45) is 0 Å². The largest absolute Gasteiger partial charge is 0.465 e. The van der Waals surface area contributed by atoms with E-state index < -0.39 is 17.2 Å². The third-order valence-corrected chi connectivity index (χ3v) is 2.81. The highest BCUT2D eigenvalue weighted by molar-refractivity contribution is 5.66. The third kappa shape index (κ3) is 3.15. The van der Waals surface area contributed by atoms with Crippen LogP contribution in [0.1, 0.15) is 34.6 Å². The topological polar surface area (TPSA) is 84.4 Å². The van der Waals surface area contributed by atoms with Gasteiger partial charge in [0.2, 0.25) is 0 Å². The minimum Gasteiger partial charge on any atom is -0.465 e.